The second kappa shape index (κ2) is 7.70. The molecule has 0 radical (unpaired) electrons. The molecular weight excluding hydrogens is 262 g/mol. The summed E-state index contributed by atoms with van der Waals surface area (Å²) in [5.74, 6) is -2.48. The van der Waals surface area contributed by atoms with Crippen molar-refractivity contribution in [2.24, 2.45) is 0 Å². The highest BCUT2D eigenvalue weighted by molar-refractivity contribution is 5.24. The summed E-state index contributed by atoms with van der Waals surface area (Å²) >= 11 is 0. The smallest absolute Gasteiger partial charge is 0.293 e. The summed E-state index contributed by atoms with van der Waals surface area (Å²) in [5.41, 5.74) is 2.12. The predicted molar refractivity (Wildman–Crippen MR) is 76.2 cm³/mol. The van der Waals surface area contributed by atoms with E-state index in [9.17, 15) is 8.78 Å². The van der Waals surface area contributed by atoms with Crippen molar-refractivity contribution >= 4 is 0 Å². The van der Waals surface area contributed by atoms with Gasteiger partial charge in [-0.05, 0) is 30.9 Å². The minimum Gasteiger partial charge on any atom is -0.372 e. The Labute approximate surface area is 120 Å². The van der Waals surface area contributed by atoms with Crippen LogP contribution >= 0.6 is 0 Å². The zero-order chi connectivity index (χ0) is 15.2. The third-order valence-electron chi connectivity index (χ3n) is 2.86. The fraction of sp³-hybridized carbons (Fsp3) is 0.625. The molecule has 0 amide bonds. The van der Waals surface area contributed by atoms with Gasteiger partial charge >= 0.3 is 0 Å². The van der Waals surface area contributed by atoms with Gasteiger partial charge in [0, 0.05) is 0 Å². The lowest BCUT2D eigenvalue weighted by molar-refractivity contribution is -0.135. The lowest BCUT2D eigenvalue weighted by Crippen LogP contribution is -2.31. The van der Waals surface area contributed by atoms with Crippen LogP contribution in [0.25, 0.3) is 0 Å². The van der Waals surface area contributed by atoms with Crippen LogP contribution in [0.4, 0.5) is 8.78 Å². The van der Waals surface area contributed by atoms with Crippen LogP contribution in [0.1, 0.15) is 44.7 Å². The second-order valence-corrected chi connectivity index (χ2v) is 5.60. The van der Waals surface area contributed by atoms with Crippen molar-refractivity contribution in [3.63, 3.8) is 0 Å². The monoisotopic (exact) mass is 286 g/mol. The lowest BCUT2D eigenvalue weighted by Gasteiger charge is -2.18. The molecule has 0 bridgehead atoms. The van der Waals surface area contributed by atoms with Crippen LogP contribution in [0.5, 0.6) is 0 Å². The highest BCUT2D eigenvalue weighted by Gasteiger charge is 2.30. The maximum atomic E-state index is 13.4. The van der Waals surface area contributed by atoms with Crippen molar-refractivity contribution in [1.82, 2.24) is 0 Å². The van der Waals surface area contributed by atoms with Gasteiger partial charge in [-0.25, -0.2) is 8.78 Å². The van der Waals surface area contributed by atoms with Gasteiger partial charge in [0.1, 0.15) is 13.2 Å². The molecule has 0 heterocycles. The van der Waals surface area contributed by atoms with Crippen LogP contribution in [-0.4, -0.2) is 25.2 Å². The number of hydrogen-bond donors (Lipinski definition) is 0. The Bertz CT molecular complexity index is 386. The Kier molecular flexibility index (Phi) is 6.56. The normalized spacial score (nSPS) is 12.4. The van der Waals surface area contributed by atoms with Crippen LogP contribution in [0, 0.1) is 0 Å². The van der Waals surface area contributed by atoms with E-state index in [-0.39, 0.29) is 12.7 Å². The van der Waals surface area contributed by atoms with E-state index in [1.807, 2.05) is 24.3 Å². The average Bonchev–Trinajstić information content (AvgIpc) is 2.37. The Morgan fingerprint density at radius 3 is 2.10 bits per heavy atom. The summed E-state index contributed by atoms with van der Waals surface area (Å²) in [6, 6.07) is 7.84. The molecule has 0 unspecified atom stereocenters. The van der Waals surface area contributed by atoms with Crippen molar-refractivity contribution in [2.75, 3.05) is 13.2 Å². The molecule has 0 aliphatic rings. The fourth-order valence-electron chi connectivity index (χ4n) is 1.65. The van der Waals surface area contributed by atoms with E-state index in [1.165, 1.54) is 5.56 Å². The van der Waals surface area contributed by atoms with Gasteiger partial charge in [-0.3, -0.25) is 0 Å². The number of benzene rings is 1. The van der Waals surface area contributed by atoms with E-state index in [4.69, 9.17) is 9.47 Å². The molecule has 1 aromatic carbocycles. The standard InChI is InChI=1S/C16H24F2O2/c1-12(2)15-7-5-14(6-8-15)9-19-10-16(17,18)11-20-13(3)4/h5-8,12-13H,9-11H2,1-4H3. The van der Waals surface area contributed by atoms with Gasteiger partial charge in [-0.1, -0.05) is 38.1 Å². The van der Waals surface area contributed by atoms with Crippen LogP contribution in [0.2, 0.25) is 0 Å². The van der Waals surface area contributed by atoms with Gasteiger partial charge in [-0.15, -0.1) is 0 Å². The van der Waals surface area contributed by atoms with Crippen molar-refractivity contribution < 1.29 is 18.3 Å². The van der Waals surface area contributed by atoms with Crippen molar-refractivity contribution in [3.05, 3.63) is 35.4 Å². The summed E-state index contributed by atoms with van der Waals surface area (Å²) < 4.78 is 36.8. The minimum atomic E-state index is -2.94. The molecule has 4 heteroatoms. The van der Waals surface area contributed by atoms with Crippen LogP contribution in [-0.2, 0) is 16.1 Å². The highest BCUT2D eigenvalue weighted by atomic mass is 19.3. The van der Waals surface area contributed by atoms with E-state index in [1.54, 1.807) is 13.8 Å². The Balaban J connectivity index is 2.36. The van der Waals surface area contributed by atoms with Gasteiger partial charge in [0.05, 0.1) is 12.7 Å². The molecule has 2 nitrogen and oxygen atoms in total. The van der Waals surface area contributed by atoms with E-state index in [0.717, 1.165) is 5.56 Å². The third kappa shape index (κ3) is 6.44. The summed E-state index contributed by atoms with van der Waals surface area (Å²) in [4.78, 5) is 0. The molecular formula is C16H24F2O2. The van der Waals surface area contributed by atoms with Gasteiger partial charge in [0.15, 0.2) is 0 Å². The number of rotatable bonds is 8. The second-order valence-electron chi connectivity index (χ2n) is 5.60. The summed E-state index contributed by atoms with van der Waals surface area (Å²) in [7, 11) is 0. The molecule has 0 spiro atoms. The molecule has 0 aliphatic carbocycles. The first-order valence-electron chi connectivity index (χ1n) is 6.96. The predicted octanol–water partition coefficient (Wildman–Crippen LogP) is 4.39. The van der Waals surface area contributed by atoms with Crippen molar-refractivity contribution in [2.45, 2.75) is 52.2 Å². The Morgan fingerprint density at radius 1 is 1.00 bits per heavy atom. The SMILES string of the molecule is CC(C)OCC(F)(F)COCc1ccc(C(C)C)cc1. The van der Waals surface area contributed by atoms with Gasteiger partial charge in [-0.2, -0.15) is 0 Å². The molecule has 0 fully saturated rings. The molecule has 0 saturated carbocycles. The number of hydrogen-bond acceptors (Lipinski definition) is 2. The maximum Gasteiger partial charge on any atom is 0.293 e. The number of halogens is 2. The molecule has 0 atom stereocenters. The maximum absolute atomic E-state index is 13.4. The van der Waals surface area contributed by atoms with E-state index < -0.39 is 19.1 Å². The molecule has 20 heavy (non-hydrogen) atoms. The van der Waals surface area contributed by atoms with Crippen molar-refractivity contribution in [3.8, 4) is 0 Å². The topological polar surface area (TPSA) is 18.5 Å². The van der Waals surface area contributed by atoms with Crippen LogP contribution < -0.4 is 0 Å². The van der Waals surface area contributed by atoms with E-state index in [0.29, 0.717) is 5.92 Å². The van der Waals surface area contributed by atoms with Gasteiger partial charge in [0.25, 0.3) is 5.92 Å². The summed E-state index contributed by atoms with van der Waals surface area (Å²) in [6.07, 6.45) is -0.204. The average molecular weight is 286 g/mol. The van der Waals surface area contributed by atoms with Gasteiger partial charge in [0.2, 0.25) is 0 Å². The first kappa shape index (κ1) is 17.1. The van der Waals surface area contributed by atoms with Crippen LogP contribution in [0.15, 0.2) is 24.3 Å². The molecule has 114 valence electrons. The van der Waals surface area contributed by atoms with E-state index in [2.05, 4.69) is 13.8 Å². The highest BCUT2D eigenvalue weighted by Crippen LogP contribution is 2.18. The lowest BCUT2D eigenvalue weighted by atomic mass is 10.0. The van der Waals surface area contributed by atoms with Crippen LogP contribution in [0.3, 0.4) is 0 Å². The molecule has 0 N–H and O–H groups in total. The van der Waals surface area contributed by atoms with Gasteiger partial charge < -0.3 is 9.47 Å². The molecule has 0 saturated heterocycles. The summed E-state index contributed by atoms with van der Waals surface area (Å²) in [6.45, 7) is 6.65. The number of alkyl halides is 2. The first-order chi connectivity index (χ1) is 9.30. The third-order valence-corrected chi connectivity index (χ3v) is 2.86. The minimum absolute atomic E-state index is 0.190. The largest absolute Gasteiger partial charge is 0.372 e. The molecule has 1 rings (SSSR count). The Hall–Kier alpha value is -1.00. The zero-order valence-corrected chi connectivity index (χ0v) is 12.7. The fourth-order valence-corrected chi connectivity index (χ4v) is 1.65. The van der Waals surface area contributed by atoms with Crippen molar-refractivity contribution in [1.29, 1.82) is 0 Å². The van der Waals surface area contributed by atoms with E-state index >= 15 is 0 Å². The molecule has 0 aliphatic heterocycles. The quantitative estimate of drug-likeness (QED) is 0.705. The number of ether oxygens (including phenoxy) is 2. The summed E-state index contributed by atoms with van der Waals surface area (Å²) in [5, 5.41) is 0. The Morgan fingerprint density at radius 2 is 1.60 bits per heavy atom. The zero-order valence-electron chi connectivity index (χ0n) is 12.7. The molecule has 1 aromatic rings. The first-order valence-corrected chi connectivity index (χ1v) is 6.96. The molecule has 0 aromatic heterocycles.